The minimum Gasteiger partial charge on any atom is -0.507 e. The van der Waals surface area contributed by atoms with Crippen molar-refractivity contribution in [2.24, 2.45) is 0 Å². The Morgan fingerprint density at radius 2 is 0.895 bits per heavy atom. The number of aromatic hydroxyl groups is 2. The van der Waals surface area contributed by atoms with Crippen molar-refractivity contribution in [2.75, 3.05) is 5.73 Å². The number of hydrogen-bond donors (Lipinski definition) is 3. The van der Waals surface area contributed by atoms with E-state index in [1.54, 1.807) is 0 Å². The lowest BCUT2D eigenvalue weighted by atomic mass is 9.72. The summed E-state index contributed by atoms with van der Waals surface area (Å²) in [6, 6.07) is 16.3. The highest BCUT2D eigenvalue weighted by molar-refractivity contribution is 5.64. The second-order valence-electron chi connectivity index (χ2n) is 15.0. The Balaban J connectivity index is 2.58. The fourth-order valence-corrected chi connectivity index (χ4v) is 5.04. The van der Waals surface area contributed by atoms with E-state index >= 15 is 0 Å². The number of hydrogen-bond acceptors (Lipinski definition) is 3. The quantitative estimate of drug-likeness (QED) is 0.241. The Bertz CT molecular complexity index is 1240. The molecule has 3 rings (SSSR count). The molecular formula is C35H49NO2. The molecule has 0 atom stereocenters. The highest BCUT2D eigenvalue weighted by atomic mass is 16.3. The first kappa shape index (κ1) is 29.6. The van der Waals surface area contributed by atoms with Crippen molar-refractivity contribution in [2.45, 2.75) is 111 Å². The van der Waals surface area contributed by atoms with E-state index in [9.17, 15) is 10.2 Å². The maximum absolute atomic E-state index is 11.9. The molecule has 3 aromatic carbocycles. The Morgan fingerprint density at radius 1 is 0.526 bits per heavy atom. The highest BCUT2D eigenvalue weighted by Crippen LogP contribution is 2.49. The highest BCUT2D eigenvalue weighted by Gasteiger charge is 2.34. The standard InChI is InChI=1S/C35H49NO2/c1-32(2,3)21-17-24(30(37)26(19-21)34(7,8)9)29(23-15-13-14-16-28(23)36)25-18-22(33(4,5)6)20-27(31(25)38)35(10,11)12/h13-20,29,37-38H,36H2,1-12H3. The molecule has 0 heterocycles. The molecule has 0 bridgehead atoms. The van der Waals surface area contributed by atoms with Crippen LogP contribution in [0.4, 0.5) is 5.69 Å². The SMILES string of the molecule is CC(C)(C)c1cc(C(c2ccccc2N)c2cc(C(C)(C)C)cc(C(C)(C)C)c2O)c(O)c(C(C)(C)C)c1. The Labute approximate surface area is 231 Å². The van der Waals surface area contributed by atoms with Crippen molar-refractivity contribution in [1.29, 1.82) is 0 Å². The molecular weight excluding hydrogens is 466 g/mol. The molecule has 0 radical (unpaired) electrons. The molecule has 4 N–H and O–H groups in total. The maximum Gasteiger partial charge on any atom is 0.123 e. The number of phenols is 2. The summed E-state index contributed by atoms with van der Waals surface area (Å²) < 4.78 is 0. The van der Waals surface area contributed by atoms with Gasteiger partial charge < -0.3 is 15.9 Å². The fourth-order valence-electron chi connectivity index (χ4n) is 5.04. The summed E-state index contributed by atoms with van der Waals surface area (Å²) in [6.45, 7) is 25.9. The topological polar surface area (TPSA) is 66.5 Å². The van der Waals surface area contributed by atoms with Crippen LogP contribution in [0.5, 0.6) is 11.5 Å². The van der Waals surface area contributed by atoms with Crippen LogP contribution in [-0.4, -0.2) is 10.2 Å². The number of nitrogen functional groups attached to an aromatic ring is 1. The summed E-state index contributed by atoms with van der Waals surface area (Å²) in [7, 11) is 0. The van der Waals surface area contributed by atoms with E-state index in [-0.39, 0.29) is 33.2 Å². The summed E-state index contributed by atoms with van der Waals surface area (Å²) in [6.07, 6.45) is 0. The van der Waals surface area contributed by atoms with Gasteiger partial charge in [0.2, 0.25) is 0 Å². The summed E-state index contributed by atoms with van der Waals surface area (Å²) in [5.74, 6) is 0.0660. The fraction of sp³-hybridized carbons (Fsp3) is 0.486. The molecule has 0 aliphatic carbocycles. The van der Waals surface area contributed by atoms with Crippen molar-refractivity contribution in [3.63, 3.8) is 0 Å². The lowest BCUT2D eigenvalue weighted by Crippen LogP contribution is -2.21. The van der Waals surface area contributed by atoms with Crippen LogP contribution in [0.15, 0.2) is 48.5 Å². The second-order valence-corrected chi connectivity index (χ2v) is 15.0. The third-order valence-corrected chi connectivity index (χ3v) is 7.56. The first-order valence-corrected chi connectivity index (χ1v) is 13.7. The Hall–Kier alpha value is -2.94. The van der Waals surface area contributed by atoms with Crippen molar-refractivity contribution >= 4 is 5.69 Å². The van der Waals surface area contributed by atoms with Gasteiger partial charge in [0.25, 0.3) is 0 Å². The number of phenolic OH excluding ortho intramolecular Hbond substituents is 2. The minimum atomic E-state index is -0.456. The van der Waals surface area contributed by atoms with Crippen LogP contribution in [0.2, 0.25) is 0 Å². The van der Waals surface area contributed by atoms with E-state index in [4.69, 9.17) is 5.73 Å². The molecule has 0 aliphatic heterocycles. The zero-order chi connectivity index (χ0) is 29.0. The first-order valence-electron chi connectivity index (χ1n) is 13.7. The van der Waals surface area contributed by atoms with Gasteiger partial charge in [-0.25, -0.2) is 0 Å². The molecule has 0 aromatic heterocycles. The molecule has 0 saturated carbocycles. The van der Waals surface area contributed by atoms with Crippen molar-refractivity contribution in [3.8, 4) is 11.5 Å². The smallest absolute Gasteiger partial charge is 0.123 e. The molecule has 0 amide bonds. The number of nitrogens with two attached hydrogens (primary N) is 1. The van der Waals surface area contributed by atoms with Crippen molar-refractivity contribution in [3.05, 3.63) is 87.5 Å². The van der Waals surface area contributed by atoms with Crippen LogP contribution in [-0.2, 0) is 21.7 Å². The minimum absolute atomic E-state index is 0.138. The van der Waals surface area contributed by atoms with E-state index in [2.05, 4.69) is 107 Å². The van der Waals surface area contributed by atoms with Crippen molar-refractivity contribution in [1.82, 2.24) is 0 Å². The van der Waals surface area contributed by atoms with Gasteiger partial charge in [-0.2, -0.15) is 0 Å². The van der Waals surface area contributed by atoms with E-state index in [1.165, 1.54) is 0 Å². The van der Waals surface area contributed by atoms with Gasteiger partial charge in [0.15, 0.2) is 0 Å². The predicted molar refractivity (Wildman–Crippen MR) is 163 cm³/mol. The van der Waals surface area contributed by atoms with Crippen LogP contribution in [0, 0.1) is 0 Å². The van der Waals surface area contributed by atoms with Crippen LogP contribution in [0.3, 0.4) is 0 Å². The normalized spacial score (nSPS) is 13.3. The van der Waals surface area contributed by atoms with Crippen LogP contribution >= 0.6 is 0 Å². The molecule has 0 fully saturated rings. The Kier molecular flexibility index (Phi) is 7.53. The molecule has 0 spiro atoms. The predicted octanol–water partition coefficient (Wildman–Crippen LogP) is 9.05. The zero-order valence-corrected chi connectivity index (χ0v) is 25.7. The third kappa shape index (κ3) is 5.87. The molecule has 0 saturated heterocycles. The van der Waals surface area contributed by atoms with Crippen LogP contribution in [0.1, 0.15) is 128 Å². The molecule has 0 unspecified atom stereocenters. The average Bonchev–Trinajstić information content (AvgIpc) is 2.74. The lowest BCUT2D eigenvalue weighted by Gasteiger charge is -2.33. The zero-order valence-electron chi connectivity index (χ0n) is 25.7. The second kappa shape index (κ2) is 9.67. The lowest BCUT2D eigenvalue weighted by molar-refractivity contribution is 0.429. The van der Waals surface area contributed by atoms with Gasteiger partial charge in [0.1, 0.15) is 11.5 Å². The molecule has 3 aromatic rings. The van der Waals surface area contributed by atoms with Crippen LogP contribution in [0.25, 0.3) is 0 Å². The van der Waals surface area contributed by atoms with Gasteiger partial charge in [-0.15, -0.1) is 0 Å². The molecule has 206 valence electrons. The van der Waals surface area contributed by atoms with Gasteiger partial charge in [-0.05, 0) is 55.5 Å². The van der Waals surface area contributed by atoms with Crippen molar-refractivity contribution < 1.29 is 10.2 Å². The summed E-state index contributed by atoms with van der Waals surface area (Å²) >= 11 is 0. The van der Waals surface area contributed by atoms with Crippen LogP contribution < -0.4 is 5.73 Å². The first-order chi connectivity index (χ1) is 17.1. The molecule has 3 heteroatoms. The van der Waals surface area contributed by atoms with E-state index in [1.807, 2.05) is 24.3 Å². The van der Waals surface area contributed by atoms with Gasteiger partial charge in [-0.3, -0.25) is 0 Å². The summed E-state index contributed by atoms with van der Waals surface area (Å²) in [4.78, 5) is 0. The molecule has 0 aliphatic rings. The third-order valence-electron chi connectivity index (χ3n) is 7.56. The molecule has 3 nitrogen and oxygen atoms in total. The van der Waals surface area contributed by atoms with Gasteiger partial charge in [0, 0.05) is 22.7 Å². The van der Waals surface area contributed by atoms with E-state index < -0.39 is 5.92 Å². The van der Waals surface area contributed by atoms with E-state index in [0.29, 0.717) is 5.69 Å². The van der Waals surface area contributed by atoms with Gasteiger partial charge in [-0.1, -0.05) is 126 Å². The van der Waals surface area contributed by atoms with Gasteiger partial charge in [0.05, 0.1) is 0 Å². The summed E-state index contributed by atoms with van der Waals surface area (Å²) in [5, 5.41) is 23.9. The number of benzene rings is 3. The average molecular weight is 516 g/mol. The number of para-hydroxylation sites is 1. The number of rotatable bonds is 3. The largest absolute Gasteiger partial charge is 0.507 e. The maximum atomic E-state index is 11.9. The monoisotopic (exact) mass is 515 g/mol. The number of anilines is 1. The molecule has 38 heavy (non-hydrogen) atoms. The Morgan fingerprint density at radius 3 is 1.21 bits per heavy atom. The van der Waals surface area contributed by atoms with Gasteiger partial charge >= 0.3 is 0 Å². The van der Waals surface area contributed by atoms with E-state index in [0.717, 1.165) is 38.9 Å². The summed E-state index contributed by atoms with van der Waals surface area (Å²) in [5.41, 5.74) is 12.9.